The largest absolute Gasteiger partial charge is 0.334 e. The third kappa shape index (κ3) is 2.95. The summed E-state index contributed by atoms with van der Waals surface area (Å²) in [5.41, 5.74) is 4.42. The number of nitrogens with zero attached hydrogens (tertiary/aromatic N) is 3. The van der Waals surface area contributed by atoms with Crippen LogP contribution in [-0.4, -0.2) is 27.1 Å². The first-order valence-electron chi connectivity index (χ1n) is 8.22. The lowest BCUT2D eigenvalue weighted by Gasteiger charge is -2.28. The van der Waals surface area contributed by atoms with Crippen molar-refractivity contribution < 1.29 is 4.79 Å². The first kappa shape index (κ1) is 14.7. The Morgan fingerprint density at radius 3 is 2.58 bits per heavy atom. The molecule has 2 aromatic carbocycles. The Balaban J connectivity index is 1.48. The molecule has 4 nitrogen and oxygen atoms in total. The number of carbonyl (C=O) groups is 1. The summed E-state index contributed by atoms with van der Waals surface area (Å²) in [4.78, 5) is 14.7. The van der Waals surface area contributed by atoms with Crippen LogP contribution in [0.5, 0.6) is 0 Å². The third-order valence-corrected chi connectivity index (χ3v) is 4.49. The van der Waals surface area contributed by atoms with Crippen LogP contribution < -0.4 is 0 Å². The van der Waals surface area contributed by atoms with Gasteiger partial charge < -0.3 is 4.90 Å². The fraction of sp³-hybridized carbons (Fsp3) is 0.200. The second-order valence-corrected chi connectivity index (χ2v) is 6.16. The van der Waals surface area contributed by atoms with Crippen LogP contribution in [0.25, 0.3) is 0 Å². The van der Waals surface area contributed by atoms with E-state index in [0.29, 0.717) is 18.7 Å². The summed E-state index contributed by atoms with van der Waals surface area (Å²) in [6.07, 6.45) is 4.43. The third-order valence-electron chi connectivity index (χ3n) is 4.49. The molecule has 24 heavy (non-hydrogen) atoms. The normalized spacial score (nSPS) is 13.6. The molecule has 0 atom stereocenters. The van der Waals surface area contributed by atoms with Gasteiger partial charge in [0, 0.05) is 19.3 Å². The highest BCUT2D eigenvalue weighted by atomic mass is 16.2. The molecule has 1 amide bonds. The number of hydrogen-bond acceptors (Lipinski definition) is 2. The molecular weight excluding hydrogens is 298 g/mol. The van der Waals surface area contributed by atoms with E-state index in [1.54, 1.807) is 6.20 Å². The topological polar surface area (TPSA) is 38.1 Å². The molecule has 0 spiro atoms. The lowest BCUT2D eigenvalue weighted by atomic mass is 9.99. The van der Waals surface area contributed by atoms with E-state index in [9.17, 15) is 4.79 Å². The zero-order valence-corrected chi connectivity index (χ0v) is 13.4. The van der Waals surface area contributed by atoms with E-state index in [1.807, 2.05) is 40.0 Å². The van der Waals surface area contributed by atoms with Gasteiger partial charge in [-0.1, -0.05) is 54.6 Å². The quantitative estimate of drug-likeness (QED) is 0.744. The minimum Gasteiger partial charge on any atom is -0.334 e. The van der Waals surface area contributed by atoms with Crippen molar-refractivity contribution in [2.75, 3.05) is 6.54 Å². The Morgan fingerprint density at radius 1 is 1.00 bits per heavy atom. The highest BCUT2D eigenvalue weighted by Crippen LogP contribution is 2.20. The number of aromatic nitrogens is 2. The molecule has 120 valence electrons. The number of amides is 1. The molecule has 0 saturated carbocycles. The van der Waals surface area contributed by atoms with E-state index in [0.717, 1.165) is 13.0 Å². The number of benzene rings is 2. The van der Waals surface area contributed by atoms with Crippen molar-refractivity contribution in [2.24, 2.45) is 0 Å². The van der Waals surface area contributed by atoms with Crippen molar-refractivity contribution in [3.05, 3.63) is 89.2 Å². The molecule has 0 unspecified atom stereocenters. The van der Waals surface area contributed by atoms with Gasteiger partial charge in [-0.15, -0.1) is 0 Å². The predicted molar refractivity (Wildman–Crippen MR) is 92.7 cm³/mol. The summed E-state index contributed by atoms with van der Waals surface area (Å²) in [6.45, 7) is 2.12. The van der Waals surface area contributed by atoms with E-state index in [-0.39, 0.29) is 5.91 Å². The van der Waals surface area contributed by atoms with E-state index in [1.165, 1.54) is 16.7 Å². The summed E-state index contributed by atoms with van der Waals surface area (Å²) in [5.74, 6) is 0.0591. The van der Waals surface area contributed by atoms with Crippen molar-refractivity contribution in [1.29, 1.82) is 0 Å². The molecule has 0 bridgehead atoms. The molecular formula is C20H19N3O. The maximum absolute atomic E-state index is 12.7. The van der Waals surface area contributed by atoms with Crippen LogP contribution >= 0.6 is 0 Å². The van der Waals surface area contributed by atoms with Gasteiger partial charge in [0.15, 0.2) is 0 Å². The Kier molecular flexibility index (Phi) is 3.87. The smallest absolute Gasteiger partial charge is 0.257 e. The van der Waals surface area contributed by atoms with Crippen LogP contribution in [-0.2, 0) is 19.5 Å². The second-order valence-electron chi connectivity index (χ2n) is 6.16. The molecule has 0 N–H and O–H groups in total. The Bertz CT molecular complexity index is 854. The minimum atomic E-state index is 0.0591. The number of hydrogen-bond donors (Lipinski definition) is 0. The zero-order valence-electron chi connectivity index (χ0n) is 13.4. The highest BCUT2D eigenvalue weighted by Gasteiger charge is 2.22. The minimum absolute atomic E-state index is 0.0591. The van der Waals surface area contributed by atoms with Gasteiger partial charge in [0.2, 0.25) is 0 Å². The van der Waals surface area contributed by atoms with Crippen molar-refractivity contribution in [2.45, 2.75) is 19.5 Å². The lowest BCUT2D eigenvalue weighted by Crippen LogP contribution is -2.35. The zero-order chi connectivity index (χ0) is 16.4. The Labute approximate surface area is 141 Å². The fourth-order valence-corrected chi connectivity index (χ4v) is 3.18. The van der Waals surface area contributed by atoms with Gasteiger partial charge in [-0.3, -0.25) is 9.48 Å². The van der Waals surface area contributed by atoms with Crippen molar-refractivity contribution in [1.82, 2.24) is 14.7 Å². The van der Waals surface area contributed by atoms with Crippen LogP contribution in [0.3, 0.4) is 0 Å². The Morgan fingerprint density at radius 2 is 1.75 bits per heavy atom. The molecule has 3 aromatic rings. The molecule has 1 aliphatic rings. The number of fused-ring (bicyclic) bond motifs is 1. The van der Waals surface area contributed by atoms with E-state index < -0.39 is 0 Å². The Hall–Kier alpha value is -2.88. The van der Waals surface area contributed by atoms with E-state index in [4.69, 9.17) is 0 Å². The van der Waals surface area contributed by atoms with Crippen LogP contribution in [0.4, 0.5) is 0 Å². The molecule has 4 heteroatoms. The first-order chi connectivity index (χ1) is 11.8. The van der Waals surface area contributed by atoms with Gasteiger partial charge in [-0.25, -0.2) is 0 Å². The van der Waals surface area contributed by atoms with Crippen LogP contribution in [0, 0.1) is 0 Å². The number of rotatable bonds is 3. The molecule has 1 aliphatic heterocycles. The summed E-state index contributed by atoms with van der Waals surface area (Å²) in [7, 11) is 0. The van der Waals surface area contributed by atoms with Gasteiger partial charge in [-0.2, -0.15) is 5.10 Å². The molecule has 2 heterocycles. The van der Waals surface area contributed by atoms with Gasteiger partial charge in [0.1, 0.15) is 0 Å². The van der Waals surface area contributed by atoms with Gasteiger partial charge in [-0.05, 0) is 23.1 Å². The SMILES string of the molecule is O=C(c1cnn(Cc2ccccc2)c1)N1CCc2ccccc2C1. The maximum atomic E-state index is 12.7. The molecule has 0 radical (unpaired) electrons. The molecule has 0 fully saturated rings. The maximum Gasteiger partial charge on any atom is 0.257 e. The summed E-state index contributed by atoms with van der Waals surface area (Å²) in [5, 5.41) is 4.34. The number of carbonyl (C=O) groups excluding carboxylic acids is 1. The summed E-state index contributed by atoms with van der Waals surface area (Å²) in [6, 6.07) is 18.5. The summed E-state index contributed by atoms with van der Waals surface area (Å²) >= 11 is 0. The highest BCUT2D eigenvalue weighted by molar-refractivity contribution is 5.93. The lowest BCUT2D eigenvalue weighted by molar-refractivity contribution is 0.0734. The second kappa shape index (κ2) is 6.32. The van der Waals surface area contributed by atoms with E-state index in [2.05, 4.69) is 35.4 Å². The molecule has 4 rings (SSSR count). The van der Waals surface area contributed by atoms with Crippen LogP contribution in [0.1, 0.15) is 27.0 Å². The molecule has 0 saturated heterocycles. The van der Waals surface area contributed by atoms with Crippen LogP contribution in [0.2, 0.25) is 0 Å². The first-order valence-corrected chi connectivity index (χ1v) is 8.22. The monoisotopic (exact) mass is 317 g/mol. The standard InChI is InChI=1S/C20H19N3O/c24-20(22-11-10-17-8-4-5-9-18(17)14-22)19-12-21-23(15-19)13-16-6-2-1-3-7-16/h1-9,12,15H,10-11,13-14H2. The predicted octanol–water partition coefficient (Wildman–Crippen LogP) is 3.13. The van der Waals surface area contributed by atoms with Gasteiger partial charge >= 0.3 is 0 Å². The summed E-state index contributed by atoms with van der Waals surface area (Å²) < 4.78 is 1.82. The molecule has 1 aromatic heterocycles. The van der Waals surface area contributed by atoms with E-state index >= 15 is 0 Å². The molecule has 0 aliphatic carbocycles. The average molecular weight is 317 g/mol. The van der Waals surface area contributed by atoms with Crippen molar-refractivity contribution >= 4 is 5.91 Å². The van der Waals surface area contributed by atoms with Crippen LogP contribution in [0.15, 0.2) is 67.0 Å². The average Bonchev–Trinajstić information content (AvgIpc) is 3.10. The van der Waals surface area contributed by atoms with Gasteiger partial charge in [0.25, 0.3) is 5.91 Å². The van der Waals surface area contributed by atoms with Crippen molar-refractivity contribution in [3.8, 4) is 0 Å². The van der Waals surface area contributed by atoms with Gasteiger partial charge in [0.05, 0.1) is 18.3 Å². The fourth-order valence-electron chi connectivity index (χ4n) is 3.18. The van der Waals surface area contributed by atoms with Crippen molar-refractivity contribution in [3.63, 3.8) is 0 Å².